The van der Waals surface area contributed by atoms with E-state index >= 15 is 0 Å². The molecule has 24 heavy (non-hydrogen) atoms. The normalized spacial score (nSPS) is 21.0. The van der Waals surface area contributed by atoms with E-state index in [0.29, 0.717) is 10.8 Å². The van der Waals surface area contributed by atoms with E-state index in [2.05, 4.69) is 29.4 Å². The zero-order chi connectivity index (χ0) is 17.1. The van der Waals surface area contributed by atoms with Crippen LogP contribution in [0.1, 0.15) is 33.1 Å². The number of tetrazole rings is 1. The first kappa shape index (κ1) is 16.9. The average Bonchev–Trinajstić information content (AvgIpc) is 3.01. The molecule has 1 amide bonds. The Hall–Kier alpha value is -1.96. The molecule has 2 unspecified atom stereocenters. The highest BCUT2D eigenvalue weighted by Gasteiger charge is 2.29. The number of piperidine rings is 1. The second-order valence-electron chi connectivity index (χ2n) is 6.07. The van der Waals surface area contributed by atoms with Crippen LogP contribution in [0.4, 0.5) is 4.39 Å². The van der Waals surface area contributed by atoms with Crippen molar-refractivity contribution in [3.8, 4) is 5.69 Å². The number of amides is 1. The van der Waals surface area contributed by atoms with Gasteiger partial charge in [-0.25, -0.2) is 4.39 Å². The number of benzene rings is 1. The average molecular weight is 349 g/mol. The molecule has 0 radical (unpaired) electrons. The number of nitrogens with zero attached hydrogens (tertiary/aromatic N) is 5. The summed E-state index contributed by atoms with van der Waals surface area (Å²) in [6.45, 7) is 4.18. The highest BCUT2D eigenvalue weighted by molar-refractivity contribution is 7.99. The first-order valence-corrected chi connectivity index (χ1v) is 9.03. The molecule has 1 aliphatic rings. The van der Waals surface area contributed by atoms with Crippen LogP contribution in [0.3, 0.4) is 0 Å². The summed E-state index contributed by atoms with van der Waals surface area (Å²) in [7, 11) is 0. The Morgan fingerprint density at radius 1 is 1.33 bits per heavy atom. The van der Waals surface area contributed by atoms with Crippen LogP contribution in [0.2, 0.25) is 0 Å². The van der Waals surface area contributed by atoms with Gasteiger partial charge in [-0.2, -0.15) is 4.68 Å². The van der Waals surface area contributed by atoms with Crippen molar-refractivity contribution in [1.82, 2.24) is 25.1 Å². The Balaban J connectivity index is 1.69. The van der Waals surface area contributed by atoms with Crippen molar-refractivity contribution in [2.75, 3.05) is 5.75 Å². The topological polar surface area (TPSA) is 63.9 Å². The Morgan fingerprint density at radius 2 is 2.08 bits per heavy atom. The Kier molecular flexibility index (Phi) is 5.13. The largest absolute Gasteiger partial charge is 0.337 e. The fourth-order valence-electron chi connectivity index (χ4n) is 3.15. The van der Waals surface area contributed by atoms with Gasteiger partial charge in [-0.15, -0.1) is 5.10 Å². The molecule has 1 aliphatic heterocycles. The SMILES string of the molecule is CC1CCCC(C)N1C(=O)CSc1nnnn1-c1cccc(F)c1. The molecule has 128 valence electrons. The second-order valence-corrected chi connectivity index (χ2v) is 7.01. The van der Waals surface area contributed by atoms with Gasteiger partial charge in [0.2, 0.25) is 11.1 Å². The lowest BCUT2D eigenvalue weighted by molar-refractivity contribution is -0.134. The maximum Gasteiger partial charge on any atom is 0.233 e. The Morgan fingerprint density at radius 3 is 2.79 bits per heavy atom. The number of carbonyl (C=O) groups is 1. The number of hydrogen-bond acceptors (Lipinski definition) is 5. The summed E-state index contributed by atoms with van der Waals surface area (Å²) in [5.74, 6) is 0.00386. The highest BCUT2D eigenvalue weighted by atomic mass is 32.2. The van der Waals surface area contributed by atoms with Gasteiger partial charge in [0.05, 0.1) is 11.4 Å². The number of thioether (sulfide) groups is 1. The molecule has 1 fully saturated rings. The molecule has 1 aromatic carbocycles. The fraction of sp³-hybridized carbons (Fsp3) is 0.500. The van der Waals surface area contributed by atoms with Gasteiger partial charge < -0.3 is 4.90 Å². The second kappa shape index (κ2) is 7.29. The minimum Gasteiger partial charge on any atom is -0.337 e. The van der Waals surface area contributed by atoms with E-state index in [1.807, 2.05) is 4.90 Å². The van der Waals surface area contributed by atoms with Crippen molar-refractivity contribution < 1.29 is 9.18 Å². The van der Waals surface area contributed by atoms with Gasteiger partial charge in [-0.3, -0.25) is 4.79 Å². The number of halogens is 1. The summed E-state index contributed by atoms with van der Waals surface area (Å²) in [5.41, 5.74) is 0.537. The van der Waals surface area contributed by atoms with Crippen LogP contribution in [0.15, 0.2) is 29.4 Å². The molecule has 0 saturated carbocycles. The maximum absolute atomic E-state index is 13.4. The van der Waals surface area contributed by atoms with Gasteiger partial charge >= 0.3 is 0 Å². The first-order chi connectivity index (χ1) is 11.6. The van der Waals surface area contributed by atoms with Crippen LogP contribution in [0.25, 0.3) is 5.69 Å². The number of hydrogen-bond donors (Lipinski definition) is 0. The summed E-state index contributed by atoms with van der Waals surface area (Å²) in [6.07, 6.45) is 3.25. The van der Waals surface area contributed by atoms with E-state index in [9.17, 15) is 9.18 Å². The summed E-state index contributed by atoms with van der Waals surface area (Å²) < 4.78 is 14.8. The summed E-state index contributed by atoms with van der Waals surface area (Å²) in [5, 5.41) is 12.0. The van der Waals surface area contributed by atoms with Crippen LogP contribution < -0.4 is 0 Å². The minimum absolute atomic E-state index is 0.0912. The number of carbonyl (C=O) groups excluding carboxylic acids is 1. The highest BCUT2D eigenvalue weighted by Crippen LogP contribution is 2.25. The molecule has 0 aliphatic carbocycles. The van der Waals surface area contributed by atoms with E-state index in [-0.39, 0.29) is 29.6 Å². The molecule has 1 saturated heterocycles. The fourth-order valence-corrected chi connectivity index (χ4v) is 3.91. The van der Waals surface area contributed by atoms with E-state index in [0.717, 1.165) is 19.3 Å². The first-order valence-electron chi connectivity index (χ1n) is 8.04. The third-order valence-corrected chi connectivity index (χ3v) is 5.20. The standard InChI is InChI=1S/C16H20FN5OS/c1-11-5-3-6-12(2)21(11)15(23)10-24-16-18-19-20-22(16)14-8-4-7-13(17)9-14/h4,7-9,11-12H,3,5-6,10H2,1-2H3. The lowest BCUT2D eigenvalue weighted by atomic mass is 9.98. The monoisotopic (exact) mass is 349 g/mol. The summed E-state index contributed by atoms with van der Waals surface area (Å²) in [4.78, 5) is 14.5. The van der Waals surface area contributed by atoms with Gasteiger partial charge in [-0.1, -0.05) is 17.8 Å². The van der Waals surface area contributed by atoms with Crippen molar-refractivity contribution in [3.05, 3.63) is 30.1 Å². The Bertz CT molecular complexity index is 712. The molecule has 2 aromatic rings. The third-order valence-electron chi connectivity index (χ3n) is 4.30. The molecule has 2 heterocycles. The van der Waals surface area contributed by atoms with Crippen LogP contribution >= 0.6 is 11.8 Å². The molecule has 0 N–H and O–H groups in total. The summed E-state index contributed by atoms with van der Waals surface area (Å²) >= 11 is 1.27. The molecule has 0 bridgehead atoms. The van der Waals surface area contributed by atoms with Crippen molar-refractivity contribution in [2.24, 2.45) is 0 Å². The molecule has 1 aromatic heterocycles. The zero-order valence-electron chi connectivity index (χ0n) is 13.7. The molecule has 2 atom stereocenters. The smallest absolute Gasteiger partial charge is 0.233 e. The van der Waals surface area contributed by atoms with Gasteiger partial charge in [0.1, 0.15) is 5.82 Å². The predicted molar refractivity (Wildman–Crippen MR) is 89.5 cm³/mol. The molecule has 0 spiro atoms. The lowest BCUT2D eigenvalue weighted by Gasteiger charge is -2.39. The number of rotatable bonds is 4. The van der Waals surface area contributed by atoms with Crippen LogP contribution in [-0.2, 0) is 4.79 Å². The van der Waals surface area contributed by atoms with Crippen LogP contribution in [0, 0.1) is 5.82 Å². The number of likely N-dealkylation sites (tertiary alicyclic amines) is 1. The van der Waals surface area contributed by atoms with Crippen LogP contribution in [-0.4, -0.2) is 48.9 Å². The predicted octanol–water partition coefficient (Wildman–Crippen LogP) is 2.68. The van der Waals surface area contributed by atoms with E-state index < -0.39 is 0 Å². The molecular weight excluding hydrogens is 329 g/mol. The third kappa shape index (κ3) is 3.58. The van der Waals surface area contributed by atoms with E-state index in [1.165, 1.54) is 28.6 Å². The van der Waals surface area contributed by atoms with Crippen LogP contribution in [0.5, 0.6) is 0 Å². The molecular formula is C16H20FN5OS. The molecule has 3 rings (SSSR count). The number of aromatic nitrogens is 4. The van der Waals surface area contributed by atoms with Crippen molar-refractivity contribution in [1.29, 1.82) is 0 Å². The van der Waals surface area contributed by atoms with Gasteiger partial charge in [0.25, 0.3) is 0 Å². The van der Waals surface area contributed by atoms with E-state index in [1.54, 1.807) is 12.1 Å². The van der Waals surface area contributed by atoms with Gasteiger partial charge in [0, 0.05) is 12.1 Å². The lowest BCUT2D eigenvalue weighted by Crippen LogP contribution is -2.48. The summed E-state index contributed by atoms with van der Waals surface area (Å²) in [6, 6.07) is 6.57. The zero-order valence-corrected chi connectivity index (χ0v) is 14.5. The minimum atomic E-state index is -0.356. The molecule has 8 heteroatoms. The molecule has 6 nitrogen and oxygen atoms in total. The van der Waals surface area contributed by atoms with Gasteiger partial charge in [-0.05, 0) is 61.7 Å². The maximum atomic E-state index is 13.4. The van der Waals surface area contributed by atoms with E-state index in [4.69, 9.17) is 0 Å². The van der Waals surface area contributed by atoms with Crippen molar-refractivity contribution in [3.63, 3.8) is 0 Å². The van der Waals surface area contributed by atoms with Crippen molar-refractivity contribution >= 4 is 17.7 Å². The van der Waals surface area contributed by atoms with Gasteiger partial charge in [0.15, 0.2) is 0 Å². The Labute approximate surface area is 144 Å². The quantitative estimate of drug-likeness (QED) is 0.794. The van der Waals surface area contributed by atoms with Crippen molar-refractivity contribution in [2.45, 2.75) is 50.4 Å².